The van der Waals surface area contributed by atoms with E-state index in [1.807, 2.05) is 45.0 Å². The first-order valence-corrected chi connectivity index (χ1v) is 6.69. The summed E-state index contributed by atoms with van der Waals surface area (Å²) in [6.07, 6.45) is 1.64. The van der Waals surface area contributed by atoms with E-state index in [0.29, 0.717) is 0 Å². The first-order valence-electron chi connectivity index (χ1n) is 6.69. The number of anilines is 1. The van der Waals surface area contributed by atoms with E-state index in [2.05, 4.69) is 0 Å². The number of hydrogen-bond acceptors (Lipinski definition) is 3. The van der Waals surface area contributed by atoms with Gasteiger partial charge in [0, 0.05) is 18.3 Å². The normalized spacial score (nSPS) is 18.9. The van der Waals surface area contributed by atoms with Crippen LogP contribution in [-0.4, -0.2) is 29.2 Å². The molecular formula is C15H22N2O2. The fourth-order valence-electron chi connectivity index (χ4n) is 2.21. The third-order valence-electron chi connectivity index (χ3n) is 3.19. The maximum absolute atomic E-state index is 12.0. The van der Waals surface area contributed by atoms with Gasteiger partial charge in [-0.2, -0.15) is 0 Å². The number of nitrogens with zero attached hydrogens (tertiary/aromatic N) is 1. The summed E-state index contributed by atoms with van der Waals surface area (Å²) in [5, 5.41) is 0. The van der Waals surface area contributed by atoms with Gasteiger partial charge in [0.2, 0.25) is 0 Å². The second kappa shape index (κ2) is 5.11. The molecule has 1 saturated heterocycles. The second-order valence-corrected chi connectivity index (χ2v) is 6.07. The van der Waals surface area contributed by atoms with Gasteiger partial charge in [-0.25, -0.2) is 4.79 Å². The summed E-state index contributed by atoms with van der Waals surface area (Å²) in [5.74, 6) is 0. The Bertz CT molecular complexity index is 465. The monoisotopic (exact) mass is 262 g/mol. The molecule has 0 saturated carbocycles. The van der Waals surface area contributed by atoms with Gasteiger partial charge < -0.3 is 15.4 Å². The van der Waals surface area contributed by atoms with E-state index in [4.69, 9.17) is 10.5 Å². The maximum Gasteiger partial charge on any atom is 0.410 e. The molecule has 4 nitrogen and oxygen atoms in total. The highest BCUT2D eigenvalue weighted by molar-refractivity contribution is 5.69. The molecule has 0 radical (unpaired) electrons. The number of likely N-dealkylation sites (tertiary alicyclic amines) is 1. The number of ether oxygens (including phenoxy) is 1. The predicted octanol–water partition coefficient (Wildman–Crippen LogP) is 2.82. The van der Waals surface area contributed by atoms with Crippen molar-refractivity contribution in [3.05, 3.63) is 29.8 Å². The van der Waals surface area contributed by atoms with E-state index >= 15 is 0 Å². The number of carbonyl (C=O) groups is 1. The molecule has 0 bridgehead atoms. The van der Waals surface area contributed by atoms with Crippen molar-refractivity contribution in [3.63, 3.8) is 0 Å². The number of hydrogen-bond donors (Lipinski definition) is 1. The van der Waals surface area contributed by atoms with Crippen LogP contribution in [0.5, 0.6) is 0 Å². The molecule has 1 aliphatic rings. The number of rotatable bonds is 2. The molecule has 0 aromatic heterocycles. The topological polar surface area (TPSA) is 55.6 Å². The van der Waals surface area contributed by atoms with Crippen LogP contribution in [0.4, 0.5) is 10.5 Å². The summed E-state index contributed by atoms with van der Waals surface area (Å²) in [7, 11) is 0. The molecule has 2 N–H and O–H groups in total. The molecule has 1 aromatic carbocycles. The lowest BCUT2D eigenvalue weighted by Gasteiger charge is -2.41. The maximum atomic E-state index is 12.0. The van der Waals surface area contributed by atoms with Crippen LogP contribution in [0.15, 0.2) is 24.3 Å². The minimum absolute atomic E-state index is 0.215. The Balaban J connectivity index is 1.94. The number of benzene rings is 1. The van der Waals surface area contributed by atoms with Gasteiger partial charge in [-0.1, -0.05) is 12.1 Å². The summed E-state index contributed by atoms with van der Waals surface area (Å²) in [6, 6.07) is 8.06. The Hall–Kier alpha value is -1.71. The first kappa shape index (κ1) is 13.7. The molecule has 1 heterocycles. The lowest BCUT2D eigenvalue weighted by atomic mass is 9.95. The van der Waals surface area contributed by atoms with Gasteiger partial charge in [0.1, 0.15) is 5.60 Å². The summed E-state index contributed by atoms with van der Waals surface area (Å²) in [6.45, 7) is 6.44. The molecule has 0 aliphatic carbocycles. The molecule has 0 unspecified atom stereocenters. The minimum atomic E-state index is -0.436. The standard InChI is InChI=1S/C15H22N2O2/c1-15(2,3)19-14(18)17-8-7-13(17)10-11-5-4-6-12(16)9-11/h4-6,9,13H,7-8,10,16H2,1-3H3/t13-/m0/s1. The zero-order chi connectivity index (χ0) is 14.0. The second-order valence-electron chi connectivity index (χ2n) is 6.07. The Labute approximate surface area is 114 Å². The zero-order valence-corrected chi connectivity index (χ0v) is 11.8. The van der Waals surface area contributed by atoms with E-state index in [-0.39, 0.29) is 12.1 Å². The molecular weight excluding hydrogens is 240 g/mol. The van der Waals surface area contributed by atoms with E-state index in [9.17, 15) is 4.79 Å². The third kappa shape index (κ3) is 3.63. The van der Waals surface area contributed by atoms with Gasteiger partial charge in [0.05, 0.1) is 0 Å². The highest BCUT2D eigenvalue weighted by Gasteiger charge is 2.35. The summed E-state index contributed by atoms with van der Waals surface area (Å²) < 4.78 is 5.40. The molecule has 1 fully saturated rings. The highest BCUT2D eigenvalue weighted by atomic mass is 16.6. The van der Waals surface area contributed by atoms with Crippen LogP contribution in [0.1, 0.15) is 32.8 Å². The fraction of sp³-hybridized carbons (Fsp3) is 0.533. The van der Waals surface area contributed by atoms with Crippen molar-refractivity contribution in [2.75, 3.05) is 12.3 Å². The molecule has 19 heavy (non-hydrogen) atoms. The number of nitrogen functional groups attached to an aromatic ring is 1. The van der Waals surface area contributed by atoms with Crippen molar-refractivity contribution in [3.8, 4) is 0 Å². The van der Waals surface area contributed by atoms with Crippen LogP contribution in [-0.2, 0) is 11.2 Å². The van der Waals surface area contributed by atoms with Crippen molar-refractivity contribution in [2.24, 2.45) is 0 Å². The fourth-order valence-corrected chi connectivity index (χ4v) is 2.21. The van der Waals surface area contributed by atoms with Gasteiger partial charge in [-0.15, -0.1) is 0 Å². The van der Waals surface area contributed by atoms with Crippen LogP contribution in [0.2, 0.25) is 0 Å². The predicted molar refractivity (Wildman–Crippen MR) is 75.9 cm³/mol. The first-order chi connectivity index (χ1) is 8.85. The van der Waals surface area contributed by atoms with Crippen molar-refractivity contribution < 1.29 is 9.53 Å². The van der Waals surface area contributed by atoms with Crippen molar-refractivity contribution in [1.82, 2.24) is 4.90 Å². The van der Waals surface area contributed by atoms with Crippen molar-refractivity contribution in [2.45, 2.75) is 45.3 Å². The molecule has 2 rings (SSSR count). The Morgan fingerprint density at radius 1 is 1.47 bits per heavy atom. The Kier molecular flexibility index (Phi) is 3.69. The molecule has 1 atom stereocenters. The van der Waals surface area contributed by atoms with Gasteiger partial charge in [0.15, 0.2) is 0 Å². The number of amides is 1. The van der Waals surface area contributed by atoms with E-state index in [1.165, 1.54) is 5.56 Å². The Morgan fingerprint density at radius 2 is 2.21 bits per heavy atom. The van der Waals surface area contributed by atoms with Crippen LogP contribution in [0.3, 0.4) is 0 Å². The van der Waals surface area contributed by atoms with Crippen molar-refractivity contribution >= 4 is 11.8 Å². The van der Waals surface area contributed by atoms with Crippen LogP contribution in [0.25, 0.3) is 0 Å². The van der Waals surface area contributed by atoms with Crippen molar-refractivity contribution in [1.29, 1.82) is 0 Å². The van der Waals surface area contributed by atoms with Crippen LogP contribution in [0, 0.1) is 0 Å². The molecule has 0 spiro atoms. The van der Waals surface area contributed by atoms with E-state index in [1.54, 1.807) is 4.90 Å². The lowest BCUT2D eigenvalue weighted by molar-refractivity contribution is -0.00497. The number of nitrogens with two attached hydrogens (primary N) is 1. The average molecular weight is 262 g/mol. The number of carbonyl (C=O) groups excluding carboxylic acids is 1. The summed E-state index contributed by atoms with van der Waals surface area (Å²) in [4.78, 5) is 13.8. The quantitative estimate of drug-likeness (QED) is 0.834. The molecule has 1 amide bonds. The highest BCUT2D eigenvalue weighted by Crippen LogP contribution is 2.24. The van der Waals surface area contributed by atoms with Gasteiger partial charge >= 0.3 is 6.09 Å². The van der Waals surface area contributed by atoms with E-state index in [0.717, 1.165) is 25.1 Å². The van der Waals surface area contributed by atoms with Gasteiger partial charge in [-0.3, -0.25) is 0 Å². The summed E-state index contributed by atoms with van der Waals surface area (Å²) >= 11 is 0. The largest absolute Gasteiger partial charge is 0.444 e. The zero-order valence-electron chi connectivity index (χ0n) is 11.8. The minimum Gasteiger partial charge on any atom is -0.444 e. The smallest absolute Gasteiger partial charge is 0.410 e. The molecule has 4 heteroatoms. The van der Waals surface area contributed by atoms with Gasteiger partial charge in [0.25, 0.3) is 0 Å². The summed E-state index contributed by atoms with van der Waals surface area (Å²) in [5.41, 5.74) is 7.26. The van der Waals surface area contributed by atoms with Crippen LogP contribution < -0.4 is 5.73 Å². The molecule has 1 aromatic rings. The SMILES string of the molecule is CC(C)(C)OC(=O)N1CC[C@H]1Cc1cccc(N)c1. The average Bonchev–Trinajstić information content (AvgIpc) is 2.21. The van der Waals surface area contributed by atoms with Crippen LogP contribution >= 0.6 is 0 Å². The van der Waals surface area contributed by atoms with E-state index < -0.39 is 5.60 Å². The lowest BCUT2D eigenvalue weighted by Crippen LogP contribution is -2.53. The van der Waals surface area contributed by atoms with Gasteiger partial charge in [-0.05, 0) is 51.3 Å². The molecule has 1 aliphatic heterocycles. The third-order valence-corrected chi connectivity index (χ3v) is 3.19. The molecule has 104 valence electrons. The Morgan fingerprint density at radius 3 is 2.74 bits per heavy atom.